The molecule has 0 aliphatic heterocycles. The van der Waals surface area contributed by atoms with Gasteiger partial charge in [0.1, 0.15) is 4.88 Å². The first kappa shape index (κ1) is 14.4. The molecule has 1 aromatic heterocycles. The van der Waals surface area contributed by atoms with Crippen molar-refractivity contribution in [3.05, 3.63) is 15.6 Å². The number of carbonyl (C=O) groups excluding carboxylic acids is 1. The second-order valence-corrected chi connectivity index (χ2v) is 5.19. The molecule has 18 heavy (non-hydrogen) atoms. The van der Waals surface area contributed by atoms with Crippen LogP contribution in [0.25, 0.3) is 0 Å². The van der Waals surface area contributed by atoms with Crippen LogP contribution in [0.2, 0.25) is 0 Å². The number of oxime groups is 1. The van der Waals surface area contributed by atoms with Crippen LogP contribution in [0.15, 0.2) is 5.16 Å². The fourth-order valence-electron chi connectivity index (χ4n) is 1.62. The molecular formula is C11H18N4O2S. The number of thiazole rings is 1. The molecule has 4 N–H and O–H groups in total. The Balaban J connectivity index is 2.81. The number of nitrogens with zero attached hydrogens (tertiary/aromatic N) is 2. The average molecular weight is 270 g/mol. The monoisotopic (exact) mass is 270 g/mol. The summed E-state index contributed by atoms with van der Waals surface area (Å²) in [6.45, 7) is 5.60. The van der Waals surface area contributed by atoms with Crippen LogP contribution in [0, 0.1) is 13.8 Å². The van der Waals surface area contributed by atoms with Crippen molar-refractivity contribution in [1.82, 2.24) is 10.3 Å². The van der Waals surface area contributed by atoms with E-state index in [-0.39, 0.29) is 11.7 Å². The van der Waals surface area contributed by atoms with E-state index in [4.69, 9.17) is 10.9 Å². The van der Waals surface area contributed by atoms with Crippen molar-refractivity contribution in [1.29, 1.82) is 0 Å². The minimum absolute atomic E-state index is 0.0177. The summed E-state index contributed by atoms with van der Waals surface area (Å²) in [7, 11) is 0. The van der Waals surface area contributed by atoms with Crippen molar-refractivity contribution >= 4 is 23.1 Å². The van der Waals surface area contributed by atoms with E-state index in [1.807, 2.05) is 13.8 Å². The van der Waals surface area contributed by atoms with Gasteiger partial charge < -0.3 is 16.3 Å². The van der Waals surface area contributed by atoms with Gasteiger partial charge in [-0.25, -0.2) is 4.98 Å². The molecule has 1 rings (SSSR count). The molecule has 6 nitrogen and oxygen atoms in total. The SMILES string of the molecule is CCCC(NC(=O)c1sc(C)nc1C)C(N)=NO. The van der Waals surface area contributed by atoms with Crippen molar-refractivity contribution in [2.24, 2.45) is 10.9 Å². The summed E-state index contributed by atoms with van der Waals surface area (Å²) in [6.07, 6.45) is 1.44. The highest BCUT2D eigenvalue weighted by molar-refractivity contribution is 7.13. The number of amidine groups is 1. The number of hydrogen-bond acceptors (Lipinski definition) is 5. The molecule has 0 radical (unpaired) electrons. The summed E-state index contributed by atoms with van der Waals surface area (Å²) >= 11 is 1.34. The Labute approximate surface area is 110 Å². The predicted molar refractivity (Wildman–Crippen MR) is 71.2 cm³/mol. The third-order valence-corrected chi connectivity index (χ3v) is 3.54. The van der Waals surface area contributed by atoms with E-state index >= 15 is 0 Å². The molecule has 0 fully saturated rings. The molecular weight excluding hydrogens is 252 g/mol. The first-order valence-corrected chi connectivity index (χ1v) is 6.53. The van der Waals surface area contributed by atoms with E-state index in [0.29, 0.717) is 17.0 Å². The molecule has 0 saturated carbocycles. The van der Waals surface area contributed by atoms with Crippen LogP contribution in [0.3, 0.4) is 0 Å². The average Bonchev–Trinajstić information content (AvgIpc) is 2.67. The summed E-state index contributed by atoms with van der Waals surface area (Å²) in [5.41, 5.74) is 6.24. The number of amides is 1. The van der Waals surface area contributed by atoms with Gasteiger partial charge in [-0.15, -0.1) is 11.3 Å². The van der Waals surface area contributed by atoms with Gasteiger partial charge in [-0.3, -0.25) is 4.79 Å². The number of hydrogen-bond donors (Lipinski definition) is 3. The van der Waals surface area contributed by atoms with Crippen LogP contribution >= 0.6 is 11.3 Å². The zero-order chi connectivity index (χ0) is 13.7. The Morgan fingerprint density at radius 1 is 1.61 bits per heavy atom. The maximum absolute atomic E-state index is 12.1. The molecule has 0 spiro atoms. The van der Waals surface area contributed by atoms with Crippen LogP contribution in [0.4, 0.5) is 0 Å². The van der Waals surface area contributed by atoms with E-state index in [9.17, 15) is 4.79 Å². The highest BCUT2D eigenvalue weighted by Crippen LogP contribution is 2.17. The van der Waals surface area contributed by atoms with Crippen molar-refractivity contribution in [3.63, 3.8) is 0 Å². The topological polar surface area (TPSA) is 101 Å². The van der Waals surface area contributed by atoms with Gasteiger partial charge in [-0.1, -0.05) is 18.5 Å². The minimum atomic E-state index is -0.450. The van der Waals surface area contributed by atoms with E-state index < -0.39 is 6.04 Å². The smallest absolute Gasteiger partial charge is 0.263 e. The first-order chi connectivity index (χ1) is 8.49. The zero-order valence-corrected chi connectivity index (χ0v) is 11.5. The second-order valence-electron chi connectivity index (χ2n) is 3.99. The Kier molecular flexibility index (Phi) is 5.08. The van der Waals surface area contributed by atoms with Crippen molar-refractivity contribution in [3.8, 4) is 0 Å². The van der Waals surface area contributed by atoms with Gasteiger partial charge >= 0.3 is 0 Å². The van der Waals surface area contributed by atoms with E-state index in [2.05, 4.69) is 15.5 Å². The van der Waals surface area contributed by atoms with Gasteiger partial charge in [0.2, 0.25) is 0 Å². The Morgan fingerprint density at radius 2 is 2.28 bits per heavy atom. The molecule has 1 atom stereocenters. The van der Waals surface area contributed by atoms with Crippen LogP contribution in [-0.2, 0) is 0 Å². The fourth-order valence-corrected chi connectivity index (χ4v) is 2.44. The molecule has 100 valence electrons. The minimum Gasteiger partial charge on any atom is -0.409 e. The summed E-state index contributed by atoms with van der Waals surface area (Å²) in [4.78, 5) is 16.8. The van der Waals surface area contributed by atoms with Crippen LogP contribution in [-0.4, -0.2) is 28.0 Å². The van der Waals surface area contributed by atoms with Gasteiger partial charge in [-0.05, 0) is 20.3 Å². The maximum atomic E-state index is 12.1. The number of nitrogens with two attached hydrogens (primary N) is 1. The Bertz CT molecular complexity index is 456. The fraction of sp³-hybridized carbons (Fsp3) is 0.545. The van der Waals surface area contributed by atoms with Gasteiger partial charge in [0.05, 0.1) is 16.7 Å². The third-order valence-electron chi connectivity index (χ3n) is 2.46. The molecule has 7 heteroatoms. The summed E-state index contributed by atoms with van der Waals surface area (Å²) in [6, 6.07) is -0.450. The predicted octanol–water partition coefficient (Wildman–Crippen LogP) is 1.40. The lowest BCUT2D eigenvalue weighted by Gasteiger charge is -2.15. The van der Waals surface area contributed by atoms with Crippen molar-refractivity contribution < 1.29 is 10.0 Å². The number of aromatic nitrogens is 1. The largest absolute Gasteiger partial charge is 0.409 e. The quantitative estimate of drug-likeness (QED) is 0.326. The Morgan fingerprint density at radius 3 is 2.72 bits per heavy atom. The lowest BCUT2D eigenvalue weighted by atomic mass is 10.1. The highest BCUT2D eigenvalue weighted by Gasteiger charge is 2.20. The molecule has 0 aliphatic rings. The zero-order valence-electron chi connectivity index (χ0n) is 10.7. The van der Waals surface area contributed by atoms with Gasteiger partial charge in [0.15, 0.2) is 5.84 Å². The molecule has 1 unspecified atom stereocenters. The standard InChI is InChI=1S/C11H18N4O2S/c1-4-5-8(10(12)15-17)14-11(16)9-6(2)13-7(3)18-9/h8,17H,4-5H2,1-3H3,(H2,12,15)(H,14,16). The van der Waals surface area contributed by atoms with Crippen LogP contribution < -0.4 is 11.1 Å². The molecule has 0 aliphatic carbocycles. The summed E-state index contributed by atoms with van der Waals surface area (Å²) in [5, 5.41) is 15.2. The first-order valence-electron chi connectivity index (χ1n) is 5.71. The van der Waals surface area contributed by atoms with Crippen molar-refractivity contribution in [2.45, 2.75) is 39.7 Å². The van der Waals surface area contributed by atoms with Crippen LogP contribution in [0.5, 0.6) is 0 Å². The van der Waals surface area contributed by atoms with E-state index in [1.165, 1.54) is 11.3 Å². The van der Waals surface area contributed by atoms with E-state index in [0.717, 1.165) is 11.4 Å². The van der Waals surface area contributed by atoms with Crippen molar-refractivity contribution in [2.75, 3.05) is 0 Å². The second kappa shape index (κ2) is 6.34. The highest BCUT2D eigenvalue weighted by atomic mass is 32.1. The summed E-state index contributed by atoms with van der Waals surface area (Å²) in [5.74, 6) is -0.216. The van der Waals surface area contributed by atoms with E-state index in [1.54, 1.807) is 6.92 Å². The van der Waals surface area contributed by atoms with Gasteiger partial charge in [0, 0.05) is 0 Å². The lowest BCUT2D eigenvalue weighted by molar-refractivity contribution is 0.0948. The molecule has 1 amide bonds. The normalized spacial score (nSPS) is 13.4. The number of rotatable bonds is 5. The summed E-state index contributed by atoms with van der Waals surface area (Å²) < 4.78 is 0. The maximum Gasteiger partial charge on any atom is 0.263 e. The molecule has 0 saturated heterocycles. The number of aryl methyl sites for hydroxylation is 2. The van der Waals surface area contributed by atoms with Gasteiger partial charge in [-0.2, -0.15) is 0 Å². The Hall–Kier alpha value is -1.63. The number of carbonyl (C=O) groups is 1. The molecule has 1 heterocycles. The molecule has 1 aromatic rings. The number of nitrogens with one attached hydrogen (secondary N) is 1. The van der Waals surface area contributed by atoms with Gasteiger partial charge in [0.25, 0.3) is 5.91 Å². The molecule has 0 aromatic carbocycles. The third kappa shape index (κ3) is 3.43. The molecule has 0 bridgehead atoms. The van der Waals surface area contributed by atoms with Crippen LogP contribution in [0.1, 0.15) is 40.1 Å². The lowest BCUT2D eigenvalue weighted by Crippen LogP contribution is -2.44.